The van der Waals surface area contributed by atoms with Crippen molar-refractivity contribution in [1.29, 1.82) is 0 Å². The van der Waals surface area contributed by atoms with Crippen LogP contribution in [0.5, 0.6) is 0 Å². The molecule has 1 aliphatic carbocycles. The molecule has 0 heterocycles. The number of anilines is 2. The Bertz CT molecular complexity index is 761. The average Bonchev–Trinajstić information content (AvgIpc) is 3.42. The van der Waals surface area contributed by atoms with E-state index in [9.17, 15) is 9.59 Å². The summed E-state index contributed by atoms with van der Waals surface area (Å²) in [6.45, 7) is 0. The number of thioether (sulfide) groups is 1. The molecule has 0 radical (unpaired) electrons. The highest BCUT2D eigenvalue weighted by atomic mass is 35.5. The van der Waals surface area contributed by atoms with Gasteiger partial charge < -0.3 is 16.0 Å². The van der Waals surface area contributed by atoms with Crippen LogP contribution >= 0.6 is 23.4 Å². The molecular weight excluding hydrogens is 370 g/mol. The molecule has 3 rings (SSSR count). The molecule has 1 fully saturated rings. The minimum absolute atomic E-state index is 0.0591. The van der Waals surface area contributed by atoms with Gasteiger partial charge in [-0.25, -0.2) is 4.79 Å². The first-order valence-electron chi connectivity index (χ1n) is 8.38. The van der Waals surface area contributed by atoms with Crippen molar-refractivity contribution in [2.45, 2.75) is 24.6 Å². The van der Waals surface area contributed by atoms with Crippen LogP contribution in [-0.4, -0.2) is 23.7 Å². The number of amides is 3. The van der Waals surface area contributed by atoms with E-state index in [4.69, 9.17) is 11.6 Å². The number of carbonyl (C=O) groups is 2. The molecule has 0 saturated heterocycles. The van der Waals surface area contributed by atoms with Crippen molar-refractivity contribution < 1.29 is 9.59 Å². The molecule has 3 N–H and O–H groups in total. The smallest absolute Gasteiger partial charge is 0.319 e. The van der Waals surface area contributed by atoms with Crippen molar-refractivity contribution in [3.63, 3.8) is 0 Å². The van der Waals surface area contributed by atoms with Crippen LogP contribution in [0.3, 0.4) is 0 Å². The predicted octanol–water partition coefficient (Wildman–Crippen LogP) is 4.50. The second-order valence-electron chi connectivity index (χ2n) is 6.12. The molecule has 2 aromatic carbocycles. The quantitative estimate of drug-likeness (QED) is 0.653. The number of benzene rings is 2. The lowest BCUT2D eigenvalue weighted by molar-refractivity contribution is -0.113. The molecule has 0 unspecified atom stereocenters. The fourth-order valence-electron chi connectivity index (χ4n) is 2.26. The van der Waals surface area contributed by atoms with Gasteiger partial charge in [-0.3, -0.25) is 4.79 Å². The normalized spacial score (nSPS) is 13.1. The van der Waals surface area contributed by atoms with Crippen LogP contribution in [0.1, 0.15) is 18.4 Å². The average molecular weight is 390 g/mol. The zero-order chi connectivity index (χ0) is 18.4. The highest BCUT2D eigenvalue weighted by Crippen LogP contribution is 2.20. The molecule has 0 aromatic heterocycles. The maximum atomic E-state index is 12.0. The maximum Gasteiger partial charge on any atom is 0.319 e. The third-order valence-corrected chi connectivity index (χ3v) is 5.01. The standard InChI is InChI=1S/C19H20ClN3O2S/c20-14-3-1-13(2-4-14)11-26-12-18(24)21-15-5-7-16(8-6-15)22-19(25)23-17-9-10-17/h1-8,17H,9-12H2,(H,21,24)(H2,22,23,25). The molecule has 0 atom stereocenters. The topological polar surface area (TPSA) is 70.2 Å². The fourth-order valence-corrected chi connectivity index (χ4v) is 3.17. The lowest BCUT2D eigenvalue weighted by Gasteiger charge is -2.09. The van der Waals surface area contributed by atoms with Crippen molar-refractivity contribution in [1.82, 2.24) is 5.32 Å². The zero-order valence-electron chi connectivity index (χ0n) is 14.1. The van der Waals surface area contributed by atoms with Crippen LogP contribution in [0.25, 0.3) is 0 Å². The van der Waals surface area contributed by atoms with Gasteiger partial charge in [-0.15, -0.1) is 11.8 Å². The highest BCUT2D eigenvalue weighted by Gasteiger charge is 2.23. The molecule has 1 aliphatic rings. The molecular formula is C19H20ClN3O2S. The Labute approximate surface area is 161 Å². The monoisotopic (exact) mass is 389 g/mol. The number of hydrogen-bond acceptors (Lipinski definition) is 3. The fraction of sp³-hybridized carbons (Fsp3) is 0.263. The van der Waals surface area contributed by atoms with Gasteiger partial charge in [0.1, 0.15) is 0 Å². The Morgan fingerprint density at radius 3 is 2.19 bits per heavy atom. The molecule has 0 spiro atoms. The van der Waals surface area contributed by atoms with Gasteiger partial charge in [0.2, 0.25) is 5.91 Å². The van der Waals surface area contributed by atoms with Crippen LogP contribution in [0.4, 0.5) is 16.2 Å². The molecule has 0 bridgehead atoms. The first-order chi connectivity index (χ1) is 12.6. The summed E-state index contributed by atoms with van der Waals surface area (Å²) in [5, 5.41) is 9.19. The number of hydrogen-bond donors (Lipinski definition) is 3. The van der Waals surface area contributed by atoms with Crippen LogP contribution < -0.4 is 16.0 Å². The largest absolute Gasteiger partial charge is 0.335 e. The minimum Gasteiger partial charge on any atom is -0.335 e. The Morgan fingerprint density at radius 2 is 1.58 bits per heavy atom. The first-order valence-corrected chi connectivity index (χ1v) is 9.91. The van der Waals surface area contributed by atoms with Crippen molar-refractivity contribution in [2.24, 2.45) is 0 Å². The van der Waals surface area contributed by atoms with E-state index in [2.05, 4.69) is 16.0 Å². The Kier molecular flexibility index (Phi) is 6.41. The van der Waals surface area contributed by atoms with E-state index < -0.39 is 0 Å². The van der Waals surface area contributed by atoms with Gasteiger partial charge in [-0.05, 0) is 54.8 Å². The van der Waals surface area contributed by atoms with Crippen LogP contribution in [0.15, 0.2) is 48.5 Å². The molecule has 2 aromatic rings. The van der Waals surface area contributed by atoms with Crippen LogP contribution in [0.2, 0.25) is 5.02 Å². The number of halogens is 1. The molecule has 0 aliphatic heterocycles. The van der Waals surface area contributed by atoms with E-state index in [0.717, 1.165) is 24.2 Å². The third kappa shape index (κ3) is 6.28. The van der Waals surface area contributed by atoms with Gasteiger partial charge in [0.05, 0.1) is 5.75 Å². The highest BCUT2D eigenvalue weighted by molar-refractivity contribution is 7.99. The summed E-state index contributed by atoms with van der Waals surface area (Å²) in [4.78, 5) is 23.7. The molecule has 3 amide bonds. The van der Waals surface area contributed by atoms with Gasteiger partial charge in [0.25, 0.3) is 0 Å². The summed E-state index contributed by atoms with van der Waals surface area (Å²) in [5.41, 5.74) is 2.53. The van der Waals surface area contributed by atoms with Gasteiger partial charge in [-0.2, -0.15) is 0 Å². The Hall–Kier alpha value is -2.18. The third-order valence-electron chi connectivity index (χ3n) is 3.75. The SMILES string of the molecule is O=C(CSCc1ccc(Cl)cc1)Nc1ccc(NC(=O)NC2CC2)cc1. The molecule has 1 saturated carbocycles. The van der Waals surface area contributed by atoms with Crippen LogP contribution in [0, 0.1) is 0 Å². The summed E-state index contributed by atoms with van der Waals surface area (Å²) in [5.74, 6) is 1.06. The second-order valence-corrected chi connectivity index (χ2v) is 7.54. The Morgan fingerprint density at radius 1 is 0.962 bits per heavy atom. The second kappa shape index (κ2) is 8.96. The van der Waals surface area contributed by atoms with Crippen molar-refractivity contribution in [3.05, 3.63) is 59.1 Å². The molecule has 26 heavy (non-hydrogen) atoms. The Balaban J connectivity index is 1.39. The number of urea groups is 1. The molecule has 136 valence electrons. The van der Waals surface area contributed by atoms with E-state index in [1.807, 2.05) is 24.3 Å². The van der Waals surface area contributed by atoms with Crippen molar-refractivity contribution >= 4 is 46.7 Å². The van der Waals surface area contributed by atoms with E-state index in [1.165, 1.54) is 0 Å². The summed E-state index contributed by atoms with van der Waals surface area (Å²) in [6, 6.07) is 14.8. The molecule has 7 heteroatoms. The van der Waals surface area contributed by atoms with Gasteiger partial charge >= 0.3 is 6.03 Å². The summed E-state index contributed by atoms with van der Waals surface area (Å²) in [7, 11) is 0. The molecule has 5 nitrogen and oxygen atoms in total. The lowest BCUT2D eigenvalue weighted by Crippen LogP contribution is -2.30. The number of rotatable bonds is 7. The zero-order valence-corrected chi connectivity index (χ0v) is 15.7. The van der Waals surface area contributed by atoms with Crippen molar-refractivity contribution in [3.8, 4) is 0 Å². The van der Waals surface area contributed by atoms with Gasteiger partial charge in [0, 0.05) is 28.2 Å². The lowest BCUT2D eigenvalue weighted by atomic mass is 10.2. The number of nitrogens with one attached hydrogen (secondary N) is 3. The number of carbonyl (C=O) groups excluding carboxylic acids is 2. The van der Waals surface area contributed by atoms with Crippen molar-refractivity contribution in [2.75, 3.05) is 16.4 Å². The summed E-state index contributed by atoms with van der Waals surface area (Å²) in [6.07, 6.45) is 2.10. The van der Waals surface area contributed by atoms with E-state index in [0.29, 0.717) is 28.2 Å². The van der Waals surface area contributed by atoms with E-state index in [-0.39, 0.29) is 11.9 Å². The van der Waals surface area contributed by atoms with Gasteiger partial charge in [-0.1, -0.05) is 23.7 Å². The maximum absolute atomic E-state index is 12.0. The van der Waals surface area contributed by atoms with E-state index in [1.54, 1.807) is 36.0 Å². The first kappa shape index (κ1) is 18.6. The summed E-state index contributed by atoms with van der Waals surface area (Å²) >= 11 is 7.39. The predicted molar refractivity (Wildman–Crippen MR) is 108 cm³/mol. The van der Waals surface area contributed by atoms with Crippen LogP contribution in [-0.2, 0) is 10.5 Å². The van der Waals surface area contributed by atoms with E-state index >= 15 is 0 Å². The summed E-state index contributed by atoms with van der Waals surface area (Å²) < 4.78 is 0. The minimum atomic E-state index is -0.192. The van der Waals surface area contributed by atoms with Gasteiger partial charge in [0.15, 0.2) is 0 Å².